The Labute approximate surface area is 158 Å². The van der Waals surface area contributed by atoms with Gasteiger partial charge in [0.1, 0.15) is 0 Å². The number of amides is 1. The van der Waals surface area contributed by atoms with Gasteiger partial charge in [-0.05, 0) is 11.6 Å². The van der Waals surface area contributed by atoms with Gasteiger partial charge >= 0.3 is 0 Å². The molecule has 1 aromatic carbocycles. The number of fused-ring (bicyclic) bond motifs is 1. The van der Waals surface area contributed by atoms with E-state index >= 15 is 0 Å². The summed E-state index contributed by atoms with van der Waals surface area (Å²) in [6.07, 6.45) is 0.445. The number of nitrogens with zero attached hydrogens (tertiary/aromatic N) is 3. The number of benzene rings is 1. The van der Waals surface area contributed by atoms with E-state index in [-0.39, 0.29) is 17.2 Å². The molecule has 0 radical (unpaired) electrons. The second kappa shape index (κ2) is 7.77. The summed E-state index contributed by atoms with van der Waals surface area (Å²) < 4.78 is 5.30. The molecular formula is C19H26N6O2. The van der Waals surface area contributed by atoms with Gasteiger partial charge in [-0.25, -0.2) is 0 Å². The van der Waals surface area contributed by atoms with Crippen LogP contribution in [-0.2, 0) is 16.8 Å². The molecule has 27 heavy (non-hydrogen) atoms. The summed E-state index contributed by atoms with van der Waals surface area (Å²) in [6, 6.07) is 7.88. The SMILES string of the molecule is CN=C(NCc1noc(C(C)(C)C)n1)NCC1CC(=O)Nc2ccccc21. The molecule has 1 atom stereocenters. The van der Waals surface area contributed by atoms with Crippen molar-refractivity contribution in [2.75, 3.05) is 18.9 Å². The molecule has 144 valence electrons. The number of rotatable bonds is 4. The van der Waals surface area contributed by atoms with Gasteiger partial charge < -0.3 is 20.5 Å². The average molecular weight is 370 g/mol. The van der Waals surface area contributed by atoms with Crippen molar-refractivity contribution < 1.29 is 9.32 Å². The molecule has 0 bridgehead atoms. The number of aromatic nitrogens is 2. The average Bonchev–Trinajstić information content (AvgIpc) is 3.11. The zero-order valence-electron chi connectivity index (χ0n) is 16.2. The van der Waals surface area contributed by atoms with Crippen LogP contribution in [0.2, 0.25) is 0 Å². The summed E-state index contributed by atoms with van der Waals surface area (Å²) in [7, 11) is 1.70. The molecular weight excluding hydrogens is 344 g/mol. The van der Waals surface area contributed by atoms with Gasteiger partial charge in [0.05, 0.1) is 6.54 Å². The smallest absolute Gasteiger partial charge is 0.232 e. The molecule has 1 aliphatic heterocycles. The first-order chi connectivity index (χ1) is 12.9. The number of aliphatic imine (C=N–C) groups is 1. The molecule has 0 saturated heterocycles. The van der Waals surface area contributed by atoms with Gasteiger partial charge in [0.2, 0.25) is 11.8 Å². The van der Waals surface area contributed by atoms with Crippen LogP contribution in [0.4, 0.5) is 5.69 Å². The first kappa shape index (κ1) is 18.9. The molecule has 8 nitrogen and oxygen atoms in total. The van der Waals surface area contributed by atoms with Crippen molar-refractivity contribution in [3.8, 4) is 0 Å². The molecule has 0 saturated carbocycles. The van der Waals surface area contributed by atoms with Crippen molar-refractivity contribution in [1.29, 1.82) is 0 Å². The van der Waals surface area contributed by atoms with Crippen LogP contribution in [0.1, 0.15) is 50.4 Å². The molecule has 8 heteroatoms. The molecule has 3 N–H and O–H groups in total. The summed E-state index contributed by atoms with van der Waals surface area (Å²) in [5, 5.41) is 13.4. The van der Waals surface area contributed by atoms with E-state index in [0.29, 0.717) is 37.2 Å². The van der Waals surface area contributed by atoms with E-state index in [4.69, 9.17) is 4.52 Å². The van der Waals surface area contributed by atoms with Crippen LogP contribution in [-0.4, -0.2) is 35.6 Å². The van der Waals surface area contributed by atoms with Gasteiger partial charge in [-0.1, -0.05) is 44.1 Å². The standard InChI is InChI=1S/C19H26N6O2/c1-19(2,3)17-24-15(25-27-17)11-22-18(20-4)21-10-12-9-16(26)23-14-8-6-5-7-13(12)14/h5-8,12H,9-11H2,1-4H3,(H,23,26)(H2,20,21,22). The van der Waals surface area contributed by atoms with Crippen LogP contribution < -0.4 is 16.0 Å². The number of guanidine groups is 1. The third kappa shape index (κ3) is 4.64. The molecule has 3 rings (SSSR count). The largest absolute Gasteiger partial charge is 0.356 e. The highest BCUT2D eigenvalue weighted by molar-refractivity contribution is 5.94. The molecule has 1 aliphatic rings. The Morgan fingerprint density at radius 2 is 2.11 bits per heavy atom. The number of hydrogen-bond donors (Lipinski definition) is 3. The summed E-state index contributed by atoms with van der Waals surface area (Å²) in [4.78, 5) is 20.6. The predicted molar refractivity (Wildman–Crippen MR) is 104 cm³/mol. The zero-order chi connectivity index (χ0) is 19.4. The Hall–Kier alpha value is -2.90. The molecule has 1 unspecified atom stereocenters. The maximum absolute atomic E-state index is 11.9. The van der Waals surface area contributed by atoms with Crippen LogP contribution in [0.5, 0.6) is 0 Å². The van der Waals surface area contributed by atoms with Crippen molar-refractivity contribution >= 4 is 17.6 Å². The van der Waals surface area contributed by atoms with Gasteiger partial charge in [0.25, 0.3) is 0 Å². The molecule has 0 fully saturated rings. The van der Waals surface area contributed by atoms with Crippen LogP contribution >= 0.6 is 0 Å². The minimum atomic E-state index is -0.180. The lowest BCUT2D eigenvalue weighted by Crippen LogP contribution is -2.40. The maximum atomic E-state index is 11.9. The highest BCUT2D eigenvalue weighted by atomic mass is 16.5. The molecule has 1 amide bonds. The molecule has 2 aromatic rings. The van der Waals surface area contributed by atoms with Crippen LogP contribution in [0.3, 0.4) is 0 Å². The van der Waals surface area contributed by atoms with E-state index in [9.17, 15) is 4.79 Å². The highest BCUT2D eigenvalue weighted by Gasteiger charge is 2.25. The van der Waals surface area contributed by atoms with Gasteiger partial charge in [-0.2, -0.15) is 4.98 Å². The second-order valence-electron chi connectivity index (χ2n) is 7.61. The van der Waals surface area contributed by atoms with Gasteiger partial charge in [-0.3, -0.25) is 9.79 Å². The Kier molecular flexibility index (Phi) is 5.43. The first-order valence-corrected chi connectivity index (χ1v) is 9.03. The minimum Gasteiger partial charge on any atom is -0.356 e. The summed E-state index contributed by atoms with van der Waals surface area (Å²) in [5.74, 6) is 1.93. The number of anilines is 1. The number of para-hydroxylation sites is 1. The van der Waals surface area contributed by atoms with Crippen molar-refractivity contribution in [3.05, 3.63) is 41.5 Å². The zero-order valence-corrected chi connectivity index (χ0v) is 16.2. The fourth-order valence-corrected chi connectivity index (χ4v) is 2.92. The van der Waals surface area contributed by atoms with Gasteiger partial charge in [0.15, 0.2) is 11.8 Å². The van der Waals surface area contributed by atoms with Crippen molar-refractivity contribution in [2.24, 2.45) is 4.99 Å². The topological polar surface area (TPSA) is 104 Å². The predicted octanol–water partition coefficient (Wildman–Crippen LogP) is 2.16. The fourth-order valence-electron chi connectivity index (χ4n) is 2.92. The maximum Gasteiger partial charge on any atom is 0.232 e. The number of carbonyl (C=O) groups is 1. The molecule has 0 aliphatic carbocycles. The van der Waals surface area contributed by atoms with Crippen molar-refractivity contribution in [3.63, 3.8) is 0 Å². The van der Waals surface area contributed by atoms with Crippen LogP contribution in [0, 0.1) is 0 Å². The van der Waals surface area contributed by atoms with E-state index in [1.165, 1.54) is 0 Å². The fraction of sp³-hybridized carbons (Fsp3) is 0.474. The number of hydrogen-bond acceptors (Lipinski definition) is 5. The third-order valence-corrected chi connectivity index (χ3v) is 4.37. The Balaban J connectivity index is 1.57. The lowest BCUT2D eigenvalue weighted by Gasteiger charge is -2.26. The summed E-state index contributed by atoms with van der Waals surface area (Å²) in [6.45, 7) is 7.08. The molecule has 2 heterocycles. The Morgan fingerprint density at radius 3 is 2.81 bits per heavy atom. The lowest BCUT2D eigenvalue weighted by molar-refractivity contribution is -0.116. The van der Waals surface area contributed by atoms with Crippen LogP contribution in [0.25, 0.3) is 0 Å². The van der Waals surface area contributed by atoms with E-state index < -0.39 is 0 Å². The van der Waals surface area contributed by atoms with Gasteiger partial charge in [0, 0.05) is 37.0 Å². The number of nitrogens with one attached hydrogen (secondary N) is 3. The third-order valence-electron chi connectivity index (χ3n) is 4.37. The minimum absolute atomic E-state index is 0.0324. The van der Waals surface area contributed by atoms with Gasteiger partial charge in [-0.15, -0.1) is 0 Å². The quantitative estimate of drug-likeness (QED) is 0.563. The summed E-state index contributed by atoms with van der Waals surface area (Å²) >= 11 is 0. The lowest BCUT2D eigenvalue weighted by atomic mass is 9.90. The summed E-state index contributed by atoms with van der Waals surface area (Å²) in [5.41, 5.74) is 1.83. The Morgan fingerprint density at radius 1 is 1.33 bits per heavy atom. The Bertz CT molecular complexity index is 837. The van der Waals surface area contributed by atoms with Crippen LogP contribution in [0.15, 0.2) is 33.8 Å². The van der Waals surface area contributed by atoms with Crippen molar-refractivity contribution in [1.82, 2.24) is 20.8 Å². The number of carbonyl (C=O) groups excluding carboxylic acids is 1. The normalized spacial score (nSPS) is 17.3. The van der Waals surface area contributed by atoms with E-state index in [1.54, 1.807) is 7.05 Å². The second-order valence-corrected chi connectivity index (χ2v) is 7.61. The van der Waals surface area contributed by atoms with Crippen molar-refractivity contribution in [2.45, 2.75) is 45.1 Å². The molecule has 1 aromatic heterocycles. The van der Waals surface area contributed by atoms with E-state index in [2.05, 4.69) is 31.1 Å². The van der Waals surface area contributed by atoms with E-state index in [1.807, 2.05) is 45.0 Å². The monoisotopic (exact) mass is 370 g/mol. The molecule has 0 spiro atoms. The first-order valence-electron chi connectivity index (χ1n) is 9.03. The highest BCUT2D eigenvalue weighted by Crippen LogP contribution is 2.31. The van der Waals surface area contributed by atoms with E-state index in [0.717, 1.165) is 11.3 Å².